The standard InChI is InChI=1S/C12H25NO/c1-11(2,3)6-8-13-10-12(4-5-12)7-9-14/h13-14H,4-10H2,1-3H3. The van der Waals surface area contributed by atoms with Crippen molar-refractivity contribution in [2.75, 3.05) is 19.7 Å². The van der Waals surface area contributed by atoms with Gasteiger partial charge in [0.2, 0.25) is 0 Å². The normalized spacial score (nSPS) is 19.7. The second-order valence-electron chi connectivity index (χ2n) is 5.96. The largest absolute Gasteiger partial charge is 0.396 e. The quantitative estimate of drug-likeness (QED) is 0.643. The molecule has 0 aromatic heterocycles. The number of aliphatic hydroxyl groups excluding tert-OH is 1. The molecule has 0 spiro atoms. The van der Waals surface area contributed by atoms with Gasteiger partial charge in [-0.1, -0.05) is 20.8 Å². The number of hydrogen-bond donors (Lipinski definition) is 2. The predicted octanol–water partition coefficient (Wildman–Crippen LogP) is 2.17. The van der Waals surface area contributed by atoms with Gasteiger partial charge in [-0.25, -0.2) is 0 Å². The molecule has 0 radical (unpaired) electrons. The zero-order valence-electron chi connectivity index (χ0n) is 9.90. The molecule has 1 saturated carbocycles. The Balaban J connectivity index is 2.04. The monoisotopic (exact) mass is 199 g/mol. The van der Waals surface area contributed by atoms with Crippen molar-refractivity contribution in [2.24, 2.45) is 10.8 Å². The van der Waals surface area contributed by atoms with Crippen molar-refractivity contribution in [1.82, 2.24) is 5.32 Å². The maximum atomic E-state index is 8.90. The number of nitrogens with one attached hydrogen (secondary N) is 1. The Bertz CT molecular complexity index is 168. The van der Waals surface area contributed by atoms with Crippen LogP contribution < -0.4 is 5.32 Å². The summed E-state index contributed by atoms with van der Waals surface area (Å²) in [5.74, 6) is 0. The van der Waals surface area contributed by atoms with Crippen LogP contribution in [-0.2, 0) is 0 Å². The molecule has 0 unspecified atom stereocenters. The summed E-state index contributed by atoms with van der Waals surface area (Å²) in [4.78, 5) is 0. The molecule has 1 fully saturated rings. The van der Waals surface area contributed by atoms with E-state index in [1.165, 1.54) is 19.3 Å². The molecule has 84 valence electrons. The summed E-state index contributed by atoms with van der Waals surface area (Å²) in [6.45, 7) is 9.38. The van der Waals surface area contributed by atoms with E-state index >= 15 is 0 Å². The van der Waals surface area contributed by atoms with E-state index in [9.17, 15) is 0 Å². The fourth-order valence-corrected chi connectivity index (χ4v) is 1.75. The average Bonchev–Trinajstić information content (AvgIpc) is 2.79. The van der Waals surface area contributed by atoms with Crippen molar-refractivity contribution in [1.29, 1.82) is 0 Å². The van der Waals surface area contributed by atoms with E-state index in [0.29, 0.717) is 17.4 Å². The molecule has 2 nitrogen and oxygen atoms in total. The highest BCUT2D eigenvalue weighted by molar-refractivity contribution is 4.94. The van der Waals surface area contributed by atoms with Crippen LogP contribution in [0.2, 0.25) is 0 Å². The van der Waals surface area contributed by atoms with Gasteiger partial charge in [-0.3, -0.25) is 0 Å². The van der Waals surface area contributed by atoms with Crippen LogP contribution in [0, 0.1) is 10.8 Å². The first kappa shape index (κ1) is 12.0. The maximum Gasteiger partial charge on any atom is 0.0436 e. The van der Waals surface area contributed by atoms with Crippen molar-refractivity contribution >= 4 is 0 Å². The summed E-state index contributed by atoms with van der Waals surface area (Å²) in [7, 11) is 0. The maximum absolute atomic E-state index is 8.90. The Kier molecular flexibility index (Phi) is 3.96. The van der Waals surface area contributed by atoms with Crippen molar-refractivity contribution in [3.8, 4) is 0 Å². The second kappa shape index (κ2) is 4.63. The lowest BCUT2D eigenvalue weighted by Gasteiger charge is -2.20. The molecule has 14 heavy (non-hydrogen) atoms. The third-order valence-electron chi connectivity index (χ3n) is 3.15. The van der Waals surface area contributed by atoms with E-state index < -0.39 is 0 Å². The lowest BCUT2D eigenvalue weighted by atomic mass is 9.92. The zero-order valence-corrected chi connectivity index (χ0v) is 9.90. The SMILES string of the molecule is CC(C)(C)CCNCC1(CCO)CC1. The number of rotatable bonds is 6. The van der Waals surface area contributed by atoms with Crippen molar-refractivity contribution in [3.63, 3.8) is 0 Å². The zero-order chi connectivity index (χ0) is 10.7. The summed E-state index contributed by atoms with van der Waals surface area (Å²) >= 11 is 0. The Labute approximate surface area is 88.1 Å². The molecule has 0 aromatic rings. The molecule has 0 heterocycles. The lowest BCUT2D eigenvalue weighted by molar-refractivity contribution is 0.243. The lowest BCUT2D eigenvalue weighted by Crippen LogP contribution is -2.27. The van der Waals surface area contributed by atoms with Gasteiger partial charge in [0.1, 0.15) is 0 Å². The topological polar surface area (TPSA) is 32.3 Å². The van der Waals surface area contributed by atoms with E-state index in [-0.39, 0.29) is 0 Å². The molecule has 0 atom stereocenters. The van der Waals surface area contributed by atoms with Crippen molar-refractivity contribution in [2.45, 2.75) is 46.5 Å². The van der Waals surface area contributed by atoms with Crippen LogP contribution >= 0.6 is 0 Å². The van der Waals surface area contributed by atoms with Crippen LogP contribution in [0.25, 0.3) is 0 Å². The van der Waals surface area contributed by atoms with E-state index in [2.05, 4.69) is 26.1 Å². The van der Waals surface area contributed by atoms with Crippen molar-refractivity contribution < 1.29 is 5.11 Å². The van der Waals surface area contributed by atoms with Gasteiger partial charge in [0, 0.05) is 13.2 Å². The first-order valence-corrected chi connectivity index (χ1v) is 5.79. The third-order valence-corrected chi connectivity index (χ3v) is 3.15. The fourth-order valence-electron chi connectivity index (χ4n) is 1.75. The summed E-state index contributed by atoms with van der Waals surface area (Å²) in [5.41, 5.74) is 0.896. The highest BCUT2D eigenvalue weighted by Gasteiger charge is 2.41. The molecular formula is C12H25NO. The van der Waals surface area contributed by atoms with Gasteiger partial charge in [-0.2, -0.15) is 0 Å². The molecule has 0 amide bonds. The molecule has 0 aromatic carbocycles. The smallest absolute Gasteiger partial charge is 0.0436 e. The van der Waals surface area contributed by atoms with Crippen LogP contribution in [0.1, 0.15) is 46.5 Å². The Morgan fingerprint density at radius 2 is 1.93 bits per heavy atom. The first-order valence-electron chi connectivity index (χ1n) is 5.79. The van der Waals surface area contributed by atoms with Gasteiger partial charge >= 0.3 is 0 Å². The van der Waals surface area contributed by atoms with E-state index in [0.717, 1.165) is 19.5 Å². The molecule has 0 bridgehead atoms. The molecule has 2 heteroatoms. The highest BCUT2D eigenvalue weighted by atomic mass is 16.3. The number of aliphatic hydroxyl groups is 1. The molecule has 1 rings (SSSR count). The van der Waals surface area contributed by atoms with Gasteiger partial charge in [-0.05, 0) is 43.1 Å². The summed E-state index contributed by atoms with van der Waals surface area (Å²) in [6, 6.07) is 0. The van der Waals surface area contributed by atoms with Gasteiger partial charge in [0.05, 0.1) is 0 Å². The minimum Gasteiger partial charge on any atom is -0.396 e. The van der Waals surface area contributed by atoms with E-state index in [1.807, 2.05) is 0 Å². The molecule has 2 N–H and O–H groups in total. The Morgan fingerprint density at radius 1 is 1.29 bits per heavy atom. The predicted molar refractivity (Wildman–Crippen MR) is 60.3 cm³/mol. The number of hydrogen-bond acceptors (Lipinski definition) is 2. The van der Waals surface area contributed by atoms with Gasteiger partial charge in [-0.15, -0.1) is 0 Å². The van der Waals surface area contributed by atoms with Crippen molar-refractivity contribution in [3.05, 3.63) is 0 Å². The minimum absolute atomic E-state index is 0.348. The summed E-state index contributed by atoms with van der Waals surface area (Å²) < 4.78 is 0. The molecule has 0 aliphatic heterocycles. The van der Waals surface area contributed by atoms with Gasteiger partial charge < -0.3 is 10.4 Å². The first-order chi connectivity index (χ1) is 6.47. The minimum atomic E-state index is 0.348. The fraction of sp³-hybridized carbons (Fsp3) is 1.00. The van der Waals surface area contributed by atoms with E-state index in [4.69, 9.17) is 5.11 Å². The second-order valence-corrected chi connectivity index (χ2v) is 5.96. The molecular weight excluding hydrogens is 174 g/mol. The Morgan fingerprint density at radius 3 is 2.36 bits per heavy atom. The van der Waals surface area contributed by atoms with Crippen LogP contribution in [0.5, 0.6) is 0 Å². The van der Waals surface area contributed by atoms with Crippen LogP contribution in [0.3, 0.4) is 0 Å². The Hall–Kier alpha value is -0.0800. The van der Waals surface area contributed by atoms with Gasteiger partial charge in [0.15, 0.2) is 0 Å². The van der Waals surface area contributed by atoms with Gasteiger partial charge in [0.25, 0.3) is 0 Å². The highest BCUT2D eigenvalue weighted by Crippen LogP contribution is 2.47. The third kappa shape index (κ3) is 4.43. The molecule has 0 saturated heterocycles. The average molecular weight is 199 g/mol. The molecule has 1 aliphatic rings. The van der Waals surface area contributed by atoms with E-state index in [1.54, 1.807) is 0 Å². The summed E-state index contributed by atoms with van der Waals surface area (Å²) in [6.07, 6.45) is 4.81. The van der Waals surface area contributed by atoms with Crippen LogP contribution in [0.4, 0.5) is 0 Å². The van der Waals surface area contributed by atoms with Crippen LogP contribution in [0.15, 0.2) is 0 Å². The molecule has 1 aliphatic carbocycles. The summed E-state index contributed by atoms with van der Waals surface area (Å²) in [5, 5.41) is 12.4. The van der Waals surface area contributed by atoms with Crippen LogP contribution in [-0.4, -0.2) is 24.8 Å².